The van der Waals surface area contributed by atoms with E-state index in [2.05, 4.69) is 15.9 Å². The quantitative estimate of drug-likeness (QED) is 0.544. The average Bonchev–Trinajstić information content (AvgIpc) is 2.69. The van der Waals surface area contributed by atoms with Crippen LogP contribution in [-0.2, 0) is 4.74 Å². The number of pyridine rings is 1. The Morgan fingerprint density at radius 2 is 2.14 bits per heavy atom. The van der Waals surface area contributed by atoms with Crippen molar-refractivity contribution >= 4 is 23.3 Å². The van der Waals surface area contributed by atoms with E-state index in [0.29, 0.717) is 16.9 Å². The number of nitrogens with zero attached hydrogens (tertiary/aromatic N) is 3. The van der Waals surface area contributed by atoms with Crippen LogP contribution >= 0.6 is 11.8 Å². The Morgan fingerprint density at radius 3 is 2.68 bits per heavy atom. The fourth-order valence-corrected chi connectivity index (χ4v) is 3.68. The number of nitrogens with two attached hydrogens (primary N) is 1. The van der Waals surface area contributed by atoms with E-state index in [-0.39, 0.29) is 54.3 Å². The first-order valence-electron chi connectivity index (χ1n) is 8.36. The summed E-state index contributed by atoms with van der Waals surface area (Å²) in [6.45, 7) is 7.53. The Labute approximate surface area is 165 Å². The van der Waals surface area contributed by atoms with Gasteiger partial charge in [-0.25, -0.2) is 14.2 Å². The number of aliphatic hydroxyl groups excluding tert-OH is 1. The summed E-state index contributed by atoms with van der Waals surface area (Å²) in [6.07, 6.45) is 0. The second-order valence-electron chi connectivity index (χ2n) is 6.15. The number of aliphatic hydroxyl groups is 1. The number of hydrogen-bond acceptors (Lipinski definition) is 7. The molecule has 0 amide bonds. The van der Waals surface area contributed by atoms with E-state index in [4.69, 9.17) is 26.9 Å². The zero-order valence-electron chi connectivity index (χ0n) is 14.8. The van der Waals surface area contributed by atoms with E-state index in [1.54, 1.807) is 24.3 Å². The van der Waals surface area contributed by atoms with Crippen LogP contribution in [0, 0.1) is 17.9 Å². The largest absolute Gasteiger partial charge is 0.491 e. The first kappa shape index (κ1) is 19.9. The Hall–Kier alpha value is -2.85. The fourth-order valence-electron chi connectivity index (χ4n) is 2.66. The molecule has 0 spiro atoms. The Kier molecular flexibility index (Phi) is 6.00. The smallest absolute Gasteiger partial charge is 0.236 e. The predicted octanol–water partition coefficient (Wildman–Crippen LogP) is 2.95. The lowest BCUT2D eigenvalue weighted by atomic mass is 10.00. The second-order valence-corrected chi connectivity index (χ2v) is 7.12. The molecule has 0 saturated carbocycles. The van der Waals surface area contributed by atoms with E-state index in [9.17, 15) is 9.65 Å². The molecule has 0 unspecified atom stereocenters. The number of benzene rings is 1. The third-order valence-electron chi connectivity index (χ3n) is 4.08. The maximum absolute atomic E-state index is 14.3. The number of thioether (sulfide) groups is 1. The van der Waals surface area contributed by atoms with E-state index < -0.39 is 5.67 Å². The monoisotopic (exact) mass is 400 g/mol. The minimum absolute atomic E-state index is 0.00938. The molecule has 0 aliphatic carbocycles. The van der Waals surface area contributed by atoms with Gasteiger partial charge in [0.25, 0.3) is 0 Å². The van der Waals surface area contributed by atoms with Gasteiger partial charge in [-0.3, -0.25) is 0 Å². The molecule has 1 aromatic heterocycles. The highest BCUT2D eigenvalue weighted by molar-refractivity contribution is 7.99. The molecule has 1 fully saturated rings. The lowest BCUT2D eigenvalue weighted by Gasteiger charge is -2.33. The van der Waals surface area contributed by atoms with Crippen molar-refractivity contribution in [1.29, 1.82) is 5.26 Å². The Morgan fingerprint density at radius 1 is 1.43 bits per heavy atom. The number of hydrogen-bond donors (Lipinski definition) is 2. The molecule has 28 heavy (non-hydrogen) atoms. The lowest BCUT2D eigenvalue weighted by molar-refractivity contribution is -0.114. The third-order valence-corrected chi connectivity index (χ3v) is 5.31. The summed E-state index contributed by atoms with van der Waals surface area (Å²) in [7, 11) is 0. The lowest BCUT2D eigenvalue weighted by Crippen LogP contribution is -2.47. The van der Waals surface area contributed by atoms with E-state index in [0.717, 1.165) is 11.8 Å². The molecule has 3 rings (SSSR count). The molecule has 1 aromatic carbocycles. The molecule has 9 heteroatoms. The predicted molar refractivity (Wildman–Crippen MR) is 103 cm³/mol. The Bertz CT molecular complexity index is 950. The highest BCUT2D eigenvalue weighted by Gasteiger charge is 2.39. The number of aromatic nitrogens is 1. The highest BCUT2D eigenvalue weighted by Crippen LogP contribution is 2.42. The van der Waals surface area contributed by atoms with Crippen molar-refractivity contribution in [2.75, 3.05) is 37.9 Å². The van der Waals surface area contributed by atoms with Gasteiger partial charge < -0.3 is 20.3 Å². The topological polar surface area (TPSA) is 106 Å². The zero-order chi connectivity index (χ0) is 20.1. The standard InChI is InChI=1S/C19H17FN4O3S/c1-23-16-15(12-2-4-13(5-3-12)27-7-6-25)14(8-21)18(24-17(16)22)28-11-19(20)9-26-10-19/h2-5,25H,6-7,9-11H2,(H2,22,24). The van der Waals surface area contributed by atoms with Crippen LogP contribution in [0.2, 0.25) is 0 Å². The van der Waals surface area contributed by atoms with Crippen molar-refractivity contribution in [3.8, 4) is 22.9 Å². The van der Waals surface area contributed by atoms with Crippen LogP contribution in [0.3, 0.4) is 0 Å². The second kappa shape index (κ2) is 8.44. The number of alkyl halides is 1. The van der Waals surface area contributed by atoms with Gasteiger partial charge in [0.05, 0.1) is 32.0 Å². The molecule has 0 radical (unpaired) electrons. The summed E-state index contributed by atoms with van der Waals surface area (Å²) in [5, 5.41) is 18.8. The summed E-state index contributed by atoms with van der Waals surface area (Å²) in [5.41, 5.74) is 5.72. The van der Waals surface area contributed by atoms with Gasteiger partial charge >= 0.3 is 0 Å². The summed E-state index contributed by atoms with van der Waals surface area (Å²) in [6, 6.07) is 8.82. The van der Waals surface area contributed by atoms with Gasteiger partial charge in [0.1, 0.15) is 29.3 Å². The maximum atomic E-state index is 14.3. The number of halogens is 1. The zero-order valence-corrected chi connectivity index (χ0v) is 15.6. The van der Waals surface area contributed by atoms with Crippen molar-refractivity contribution in [2.45, 2.75) is 10.7 Å². The third kappa shape index (κ3) is 4.02. The molecule has 1 saturated heterocycles. The van der Waals surface area contributed by atoms with Crippen LogP contribution in [0.1, 0.15) is 5.56 Å². The minimum atomic E-state index is -1.45. The van der Waals surface area contributed by atoms with Gasteiger partial charge in [0.2, 0.25) is 5.69 Å². The van der Waals surface area contributed by atoms with Crippen LogP contribution < -0.4 is 10.5 Å². The summed E-state index contributed by atoms with van der Waals surface area (Å²) >= 11 is 1.09. The summed E-state index contributed by atoms with van der Waals surface area (Å²) < 4.78 is 24.5. The number of nitriles is 1. The molecule has 0 bridgehead atoms. The SMILES string of the molecule is [C-]#[N+]c1c(N)nc(SCC2(F)COC2)c(C#N)c1-c1ccc(OCCO)cc1. The van der Waals surface area contributed by atoms with Crippen molar-refractivity contribution in [1.82, 2.24) is 4.98 Å². The Balaban J connectivity index is 2.00. The number of nitrogen functional groups attached to an aromatic ring is 1. The molecule has 0 atom stereocenters. The minimum Gasteiger partial charge on any atom is -0.491 e. The van der Waals surface area contributed by atoms with Crippen LogP contribution in [-0.4, -0.2) is 47.9 Å². The number of anilines is 1. The van der Waals surface area contributed by atoms with Gasteiger partial charge in [-0.1, -0.05) is 12.1 Å². The van der Waals surface area contributed by atoms with Crippen molar-refractivity contribution < 1.29 is 19.0 Å². The molecule has 2 aromatic rings. The average molecular weight is 400 g/mol. The normalized spacial score (nSPS) is 14.6. The van der Waals surface area contributed by atoms with Crippen LogP contribution in [0.5, 0.6) is 5.75 Å². The van der Waals surface area contributed by atoms with Gasteiger partial charge in [-0.15, -0.1) is 11.8 Å². The molecule has 7 nitrogen and oxygen atoms in total. The first-order valence-corrected chi connectivity index (χ1v) is 9.34. The molecule has 3 N–H and O–H groups in total. The van der Waals surface area contributed by atoms with Crippen LogP contribution in [0.4, 0.5) is 15.9 Å². The van der Waals surface area contributed by atoms with Crippen molar-refractivity contribution in [2.24, 2.45) is 0 Å². The molecule has 1 aliphatic rings. The molecular formula is C19H17FN4O3S. The van der Waals surface area contributed by atoms with E-state index in [1.807, 2.05) is 0 Å². The number of rotatable bonds is 7. The first-order chi connectivity index (χ1) is 13.5. The summed E-state index contributed by atoms with van der Waals surface area (Å²) in [4.78, 5) is 7.61. The van der Waals surface area contributed by atoms with Gasteiger partial charge in [-0.2, -0.15) is 5.26 Å². The molecule has 1 aliphatic heterocycles. The fraction of sp³-hybridized carbons (Fsp3) is 0.316. The van der Waals surface area contributed by atoms with Crippen molar-refractivity contribution in [3.63, 3.8) is 0 Å². The van der Waals surface area contributed by atoms with Gasteiger partial charge in [0.15, 0.2) is 5.67 Å². The van der Waals surface area contributed by atoms with Crippen LogP contribution in [0.25, 0.3) is 16.0 Å². The molecular weight excluding hydrogens is 383 g/mol. The molecule has 2 heterocycles. The summed E-state index contributed by atoms with van der Waals surface area (Å²) in [5.74, 6) is 0.616. The van der Waals surface area contributed by atoms with E-state index >= 15 is 0 Å². The van der Waals surface area contributed by atoms with E-state index in [1.165, 1.54) is 0 Å². The van der Waals surface area contributed by atoms with Gasteiger partial charge in [0, 0.05) is 11.3 Å². The van der Waals surface area contributed by atoms with Crippen LogP contribution in [0.15, 0.2) is 29.3 Å². The maximum Gasteiger partial charge on any atom is 0.236 e. The number of ether oxygens (including phenoxy) is 2. The van der Waals surface area contributed by atoms with Gasteiger partial charge in [-0.05, 0) is 17.7 Å². The van der Waals surface area contributed by atoms with Crippen molar-refractivity contribution in [3.05, 3.63) is 41.2 Å². The highest BCUT2D eigenvalue weighted by atomic mass is 32.2. The molecule has 144 valence electrons.